The van der Waals surface area contributed by atoms with E-state index in [0.29, 0.717) is 0 Å². The van der Waals surface area contributed by atoms with Gasteiger partial charge >= 0.3 is 0 Å². The smallest absolute Gasteiger partial charge is 0.300 e. The average Bonchev–Trinajstić information content (AvgIpc) is 2.73. The minimum Gasteiger partial charge on any atom is -0.481 e. The van der Waals surface area contributed by atoms with Gasteiger partial charge in [0.05, 0.1) is 5.54 Å². The van der Waals surface area contributed by atoms with E-state index in [-0.39, 0.29) is 5.54 Å². The molecule has 0 aromatic heterocycles. The second-order valence-corrected chi connectivity index (χ2v) is 6.65. The molecule has 0 fully saturated rings. The Bertz CT molecular complexity index is 716. The average molecular weight is 376 g/mol. The molecular formula is C25H29NO2. The molecule has 146 valence electrons. The number of nitrogens with one attached hydrogen (secondary N) is 1. The third kappa shape index (κ3) is 5.54. The summed E-state index contributed by atoms with van der Waals surface area (Å²) in [6, 6.07) is 32.3. The van der Waals surface area contributed by atoms with Gasteiger partial charge in [-0.15, -0.1) is 0 Å². The lowest BCUT2D eigenvalue weighted by molar-refractivity contribution is -0.134. The number of hydrogen-bond acceptors (Lipinski definition) is 2. The molecule has 0 aliphatic rings. The zero-order chi connectivity index (χ0) is 20.2. The molecule has 28 heavy (non-hydrogen) atoms. The van der Waals surface area contributed by atoms with Crippen LogP contribution in [0, 0.1) is 0 Å². The number of hydrogen-bond donors (Lipinski definition) is 2. The fourth-order valence-electron chi connectivity index (χ4n) is 3.32. The first-order chi connectivity index (χ1) is 13.6. The van der Waals surface area contributed by atoms with Crippen molar-refractivity contribution in [2.75, 3.05) is 6.54 Å². The largest absolute Gasteiger partial charge is 0.481 e. The maximum Gasteiger partial charge on any atom is 0.300 e. The zero-order valence-electron chi connectivity index (χ0n) is 16.6. The molecule has 3 nitrogen and oxygen atoms in total. The van der Waals surface area contributed by atoms with E-state index in [0.717, 1.165) is 19.9 Å². The van der Waals surface area contributed by atoms with E-state index < -0.39 is 5.97 Å². The molecule has 0 aliphatic heterocycles. The van der Waals surface area contributed by atoms with Gasteiger partial charge in [0.15, 0.2) is 0 Å². The zero-order valence-corrected chi connectivity index (χ0v) is 16.6. The van der Waals surface area contributed by atoms with Gasteiger partial charge in [0, 0.05) is 6.92 Å². The van der Waals surface area contributed by atoms with Crippen LogP contribution in [0.1, 0.15) is 43.4 Å². The Labute approximate surface area is 168 Å². The molecule has 3 heteroatoms. The normalized spacial score (nSPS) is 10.6. The van der Waals surface area contributed by atoms with Crippen molar-refractivity contribution >= 4 is 5.97 Å². The van der Waals surface area contributed by atoms with Crippen molar-refractivity contribution in [2.45, 2.75) is 32.2 Å². The van der Waals surface area contributed by atoms with Crippen LogP contribution in [0.2, 0.25) is 0 Å². The fraction of sp³-hybridized carbons (Fsp3) is 0.240. The quantitative estimate of drug-likeness (QED) is 0.426. The molecule has 0 aliphatic carbocycles. The van der Waals surface area contributed by atoms with Crippen molar-refractivity contribution in [3.63, 3.8) is 0 Å². The number of carboxylic acids is 1. The molecule has 0 saturated heterocycles. The topological polar surface area (TPSA) is 49.3 Å². The van der Waals surface area contributed by atoms with Crippen molar-refractivity contribution in [1.29, 1.82) is 0 Å². The lowest BCUT2D eigenvalue weighted by Gasteiger charge is -2.37. The summed E-state index contributed by atoms with van der Waals surface area (Å²) in [6.07, 6.45) is 2.34. The number of aliphatic carboxylic acids is 1. The van der Waals surface area contributed by atoms with Crippen molar-refractivity contribution in [3.8, 4) is 0 Å². The molecule has 0 unspecified atom stereocenters. The number of benzene rings is 3. The molecular weight excluding hydrogens is 346 g/mol. The Balaban J connectivity index is 0.000000640. The van der Waals surface area contributed by atoms with Crippen LogP contribution in [-0.2, 0) is 10.3 Å². The molecule has 0 heterocycles. The maximum atomic E-state index is 9.00. The minimum atomic E-state index is -0.833. The first kappa shape index (κ1) is 21.4. The molecule has 0 bridgehead atoms. The van der Waals surface area contributed by atoms with Crippen LogP contribution < -0.4 is 5.32 Å². The van der Waals surface area contributed by atoms with Gasteiger partial charge < -0.3 is 5.11 Å². The van der Waals surface area contributed by atoms with Crippen molar-refractivity contribution < 1.29 is 9.90 Å². The van der Waals surface area contributed by atoms with Gasteiger partial charge in [-0.2, -0.15) is 0 Å². The molecule has 0 radical (unpaired) electrons. The van der Waals surface area contributed by atoms with Gasteiger partial charge in [-0.3, -0.25) is 10.1 Å². The lowest BCUT2D eigenvalue weighted by Crippen LogP contribution is -2.45. The number of carbonyl (C=O) groups is 1. The van der Waals surface area contributed by atoms with E-state index in [1.807, 2.05) is 0 Å². The van der Waals surface area contributed by atoms with Crippen LogP contribution in [-0.4, -0.2) is 17.6 Å². The van der Waals surface area contributed by atoms with E-state index >= 15 is 0 Å². The van der Waals surface area contributed by atoms with Gasteiger partial charge in [-0.25, -0.2) is 0 Å². The molecule has 0 saturated carbocycles. The molecule has 0 amide bonds. The number of carboxylic acid groups (broad SMARTS) is 1. The molecule has 0 spiro atoms. The maximum absolute atomic E-state index is 9.00. The summed E-state index contributed by atoms with van der Waals surface area (Å²) < 4.78 is 0. The van der Waals surface area contributed by atoms with E-state index in [2.05, 4.69) is 103 Å². The van der Waals surface area contributed by atoms with Gasteiger partial charge in [-0.05, 0) is 29.7 Å². The number of unbranched alkanes of at least 4 members (excludes halogenated alkanes) is 1. The molecule has 2 N–H and O–H groups in total. The summed E-state index contributed by atoms with van der Waals surface area (Å²) in [4.78, 5) is 9.00. The summed E-state index contributed by atoms with van der Waals surface area (Å²) in [7, 11) is 0. The second kappa shape index (κ2) is 11.1. The van der Waals surface area contributed by atoms with Crippen LogP contribution in [0.3, 0.4) is 0 Å². The molecule has 3 aromatic carbocycles. The lowest BCUT2D eigenvalue weighted by atomic mass is 9.77. The highest BCUT2D eigenvalue weighted by Gasteiger charge is 2.35. The third-order valence-corrected chi connectivity index (χ3v) is 4.54. The van der Waals surface area contributed by atoms with Crippen molar-refractivity contribution in [1.82, 2.24) is 5.32 Å². The Morgan fingerprint density at radius 2 is 1.11 bits per heavy atom. The standard InChI is InChI=1S/C23H25N.C2H4O2/c1-2-3-19-24-23(20-13-7-4-8-14-20,21-15-9-5-10-16-21)22-17-11-6-12-18-22;1-2(3)4/h4-18,24H,2-3,19H2,1H3;1H3,(H,3,4). The first-order valence-electron chi connectivity index (χ1n) is 9.72. The summed E-state index contributed by atoms with van der Waals surface area (Å²) in [5, 5.41) is 11.3. The van der Waals surface area contributed by atoms with E-state index in [1.165, 1.54) is 23.1 Å². The van der Waals surface area contributed by atoms with Crippen molar-refractivity contribution in [3.05, 3.63) is 108 Å². The Morgan fingerprint density at radius 3 is 1.39 bits per heavy atom. The van der Waals surface area contributed by atoms with Gasteiger partial charge in [-0.1, -0.05) is 104 Å². The fourth-order valence-corrected chi connectivity index (χ4v) is 3.32. The molecule has 3 aromatic rings. The van der Waals surface area contributed by atoms with Gasteiger partial charge in [0.2, 0.25) is 0 Å². The minimum absolute atomic E-state index is 0.320. The Morgan fingerprint density at radius 1 is 0.786 bits per heavy atom. The summed E-state index contributed by atoms with van der Waals surface area (Å²) >= 11 is 0. The van der Waals surface area contributed by atoms with Crippen molar-refractivity contribution in [2.24, 2.45) is 0 Å². The molecule has 0 atom stereocenters. The van der Waals surface area contributed by atoms with Crippen LogP contribution in [0.25, 0.3) is 0 Å². The first-order valence-corrected chi connectivity index (χ1v) is 9.72. The van der Waals surface area contributed by atoms with E-state index in [9.17, 15) is 0 Å². The SMILES string of the molecule is CC(=O)O.CCCCNC(c1ccccc1)(c1ccccc1)c1ccccc1. The summed E-state index contributed by atoms with van der Waals surface area (Å²) in [6.45, 7) is 4.30. The Kier molecular flexibility index (Phi) is 8.44. The van der Waals surface area contributed by atoms with E-state index in [4.69, 9.17) is 9.90 Å². The molecule has 3 rings (SSSR count). The number of rotatable bonds is 7. The van der Waals surface area contributed by atoms with Crippen LogP contribution >= 0.6 is 0 Å². The van der Waals surface area contributed by atoms with Crippen LogP contribution in [0.4, 0.5) is 0 Å². The van der Waals surface area contributed by atoms with E-state index in [1.54, 1.807) is 0 Å². The predicted octanol–water partition coefficient (Wildman–Crippen LogP) is 5.46. The van der Waals surface area contributed by atoms with Crippen LogP contribution in [0.5, 0.6) is 0 Å². The Hall–Kier alpha value is -2.91. The highest BCUT2D eigenvalue weighted by atomic mass is 16.4. The summed E-state index contributed by atoms with van der Waals surface area (Å²) in [5.41, 5.74) is 3.51. The highest BCUT2D eigenvalue weighted by molar-refractivity contribution is 5.63. The van der Waals surface area contributed by atoms with Gasteiger partial charge in [0.1, 0.15) is 0 Å². The highest BCUT2D eigenvalue weighted by Crippen LogP contribution is 2.36. The van der Waals surface area contributed by atoms with Crippen LogP contribution in [0.15, 0.2) is 91.0 Å². The predicted molar refractivity (Wildman–Crippen MR) is 115 cm³/mol. The second-order valence-electron chi connectivity index (χ2n) is 6.65. The third-order valence-electron chi connectivity index (χ3n) is 4.54. The summed E-state index contributed by atoms with van der Waals surface area (Å²) in [5.74, 6) is -0.833. The monoisotopic (exact) mass is 375 g/mol. The van der Waals surface area contributed by atoms with Gasteiger partial charge in [0.25, 0.3) is 5.97 Å².